The molecule has 0 spiro atoms. The molecule has 0 N–H and O–H groups in total. The van der Waals surface area contributed by atoms with Crippen LogP contribution >= 0.6 is 11.8 Å². The third-order valence-electron chi connectivity index (χ3n) is 4.43. The standard InChI is InChI=1S/C21H21N3O4S/c1-24-20(18-13-14-5-4-6-17(26-3)19(14)28-18)22-23-21(24)29-12-11-27-16-9-7-15(25-2)8-10-16/h4-10,13H,11-12H2,1-3H3. The third-order valence-corrected chi connectivity index (χ3v) is 5.41. The molecule has 0 aliphatic rings. The van der Waals surface area contributed by atoms with Crippen molar-refractivity contribution in [3.63, 3.8) is 0 Å². The highest BCUT2D eigenvalue weighted by molar-refractivity contribution is 7.99. The van der Waals surface area contributed by atoms with Gasteiger partial charge >= 0.3 is 0 Å². The maximum atomic E-state index is 5.98. The summed E-state index contributed by atoms with van der Waals surface area (Å²) in [4.78, 5) is 0. The van der Waals surface area contributed by atoms with E-state index in [4.69, 9.17) is 18.6 Å². The lowest BCUT2D eigenvalue weighted by Crippen LogP contribution is -2.02. The van der Waals surface area contributed by atoms with Crippen LogP contribution < -0.4 is 14.2 Å². The van der Waals surface area contributed by atoms with Crippen LogP contribution in [0.1, 0.15) is 0 Å². The number of aromatic nitrogens is 3. The fourth-order valence-electron chi connectivity index (χ4n) is 2.93. The maximum Gasteiger partial charge on any atom is 0.200 e. The number of rotatable bonds is 8. The molecule has 7 nitrogen and oxygen atoms in total. The summed E-state index contributed by atoms with van der Waals surface area (Å²) < 4.78 is 24.2. The van der Waals surface area contributed by atoms with Gasteiger partial charge in [-0.15, -0.1) is 10.2 Å². The predicted octanol–water partition coefficient (Wildman–Crippen LogP) is 4.42. The Morgan fingerprint density at radius 1 is 1.00 bits per heavy atom. The molecule has 0 amide bonds. The number of nitrogens with zero attached hydrogens (tertiary/aromatic N) is 3. The molecule has 29 heavy (non-hydrogen) atoms. The van der Waals surface area contributed by atoms with Crippen LogP contribution in [0.2, 0.25) is 0 Å². The largest absolute Gasteiger partial charge is 0.497 e. The first kappa shape index (κ1) is 19.2. The topological polar surface area (TPSA) is 71.5 Å². The summed E-state index contributed by atoms with van der Waals surface area (Å²) in [5.74, 6) is 4.37. The number of furan rings is 1. The number of ether oxygens (including phenoxy) is 3. The van der Waals surface area contributed by atoms with Crippen molar-refractivity contribution in [2.75, 3.05) is 26.6 Å². The molecule has 0 aliphatic carbocycles. The molecule has 0 unspecified atom stereocenters. The van der Waals surface area contributed by atoms with E-state index in [1.807, 2.05) is 60.1 Å². The molecule has 150 valence electrons. The Balaban J connectivity index is 1.40. The Morgan fingerprint density at radius 2 is 1.79 bits per heavy atom. The Hall–Kier alpha value is -3.13. The lowest BCUT2D eigenvalue weighted by Gasteiger charge is -2.07. The van der Waals surface area contributed by atoms with Crippen LogP contribution in [-0.2, 0) is 7.05 Å². The van der Waals surface area contributed by atoms with Crippen LogP contribution in [-0.4, -0.2) is 41.3 Å². The van der Waals surface area contributed by atoms with E-state index in [9.17, 15) is 0 Å². The highest BCUT2D eigenvalue weighted by Gasteiger charge is 2.17. The summed E-state index contributed by atoms with van der Waals surface area (Å²) in [7, 11) is 5.19. The zero-order valence-corrected chi connectivity index (χ0v) is 17.2. The second-order valence-corrected chi connectivity index (χ2v) is 7.29. The number of fused-ring (bicyclic) bond motifs is 1. The Labute approximate surface area is 172 Å². The van der Waals surface area contributed by atoms with Crippen LogP contribution in [0.15, 0.2) is 58.1 Å². The summed E-state index contributed by atoms with van der Waals surface area (Å²) in [6.07, 6.45) is 0. The van der Waals surface area contributed by atoms with Gasteiger partial charge in [-0.05, 0) is 36.4 Å². The molecule has 0 bridgehead atoms. The van der Waals surface area contributed by atoms with Crippen LogP contribution in [0.3, 0.4) is 0 Å². The van der Waals surface area contributed by atoms with E-state index >= 15 is 0 Å². The van der Waals surface area contributed by atoms with Crippen LogP contribution in [0.25, 0.3) is 22.6 Å². The molecule has 8 heteroatoms. The van der Waals surface area contributed by atoms with Crippen molar-refractivity contribution in [1.29, 1.82) is 0 Å². The molecule has 0 saturated heterocycles. The normalized spacial score (nSPS) is 11.0. The molecule has 0 fully saturated rings. The van der Waals surface area contributed by atoms with Gasteiger partial charge in [0.2, 0.25) is 0 Å². The van der Waals surface area contributed by atoms with E-state index < -0.39 is 0 Å². The molecule has 0 atom stereocenters. The van der Waals surface area contributed by atoms with Gasteiger partial charge in [0.1, 0.15) is 11.5 Å². The molecule has 2 aromatic heterocycles. The van der Waals surface area contributed by atoms with E-state index in [0.717, 1.165) is 27.8 Å². The highest BCUT2D eigenvalue weighted by atomic mass is 32.2. The van der Waals surface area contributed by atoms with Gasteiger partial charge in [0.15, 0.2) is 28.1 Å². The number of para-hydroxylation sites is 1. The highest BCUT2D eigenvalue weighted by Crippen LogP contribution is 2.33. The Kier molecular flexibility index (Phi) is 5.62. The average molecular weight is 411 g/mol. The molecule has 0 aliphatic heterocycles. The third kappa shape index (κ3) is 4.02. The molecule has 0 saturated carbocycles. The first-order chi connectivity index (χ1) is 14.2. The van der Waals surface area contributed by atoms with Gasteiger partial charge < -0.3 is 23.2 Å². The monoisotopic (exact) mass is 411 g/mol. The van der Waals surface area contributed by atoms with Gasteiger partial charge in [0, 0.05) is 18.2 Å². The minimum absolute atomic E-state index is 0.557. The molecule has 2 aromatic carbocycles. The van der Waals surface area contributed by atoms with Gasteiger partial charge in [0.05, 0.1) is 20.8 Å². The van der Waals surface area contributed by atoms with E-state index in [-0.39, 0.29) is 0 Å². The van der Waals surface area contributed by atoms with E-state index in [2.05, 4.69) is 10.2 Å². The lowest BCUT2D eigenvalue weighted by atomic mass is 10.2. The van der Waals surface area contributed by atoms with E-state index in [1.165, 1.54) is 0 Å². The number of methoxy groups -OCH3 is 2. The molecule has 4 aromatic rings. The smallest absolute Gasteiger partial charge is 0.200 e. The minimum Gasteiger partial charge on any atom is -0.497 e. The summed E-state index contributed by atoms with van der Waals surface area (Å²) in [5.41, 5.74) is 0.704. The van der Waals surface area contributed by atoms with E-state index in [1.54, 1.807) is 26.0 Å². The van der Waals surface area contributed by atoms with Gasteiger partial charge in [0.25, 0.3) is 0 Å². The quantitative estimate of drug-likeness (QED) is 0.314. The van der Waals surface area contributed by atoms with Gasteiger partial charge in [-0.25, -0.2) is 0 Å². The average Bonchev–Trinajstić information content (AvgIpc) is 3.34. The summed E-state index contributed by atoms with van der Waals surface area (Å²) in [5, 5.41) is 10.3. The van der Waals surface area contributed by atoms with Crippen molar-refractivity contribution in [1.82, 2.24) is 14.8 Å². The number of hydrogen-bond acceptors (Lipinski definition) is 7. The predicted molar refractivity (Wildman–Crippen MR) is 112 cm³/mol. The van der Waals surface area contributed by atoms with Crippen LogP contribution in [0, 0.1) is 0 Å². The van der Waals surface area contributed by atoms with Crippen LogP contribution in [0.4, 0.5) is 0 Å². The SMILES string of the molecule is COc1ccc(OCCSc2nnc(-c3cc4cccc(OC)c4o3)n2C)cc1. The zero-order chi connectivity index (χ0) is 20.2. The lowest BCUT2D eigenvalue weighted by molar-refractivity contribution is 0.342. The molecular weight excluding hydrogens is 390 g/mol. The first-order valence-electron chi connectivity index (χ1n) is 9.05. The van der Waals surface area contributed by atoms with Crippen molar-refractivity contribution >= 4 is 22.7 Å². The van der Waals surface area contributed by atoms with Crippen molar-refractivity contribution in [3.05, 3.63) is 48.5 Å². The van der Waals surface area contributed by atoms with Crippen molar-refractivity contribution in [2.45, 2.75) is 5.16 Å². The second kappa shape index (κ2) is 8.48. The maximum absolute atomic E-state index is 5.98. The Bertz CT molecular complexity index is 1110. The minimum atomic E-state index is 0.557. The fraction of sp³-hybridized carbons (Fsp3) is 0.238. The van der Waals surface area contributed by atoms with Crippen molar-refractivity contribution in [3.8, 4) is 28.8 Å². The molecule has 4 rings (SSSR count). The van der Waals surface area contributed by atoms with Gasteiger partial charge in [-0.2, -0.15) is 0 Å². The van der Waals surface area contributed by atoms with Gasteiger partial charge in [-0.3, -0.25) is 0 Å². The number of hydrogen-bond donors (Lipinski definition) is 0. The fourth-order valence-corrected chi connectivity index (χ4v) is 3.65. The second-order valence-electron chi connectivity index (χ2n) is 6.23. The Morgan fingerprint density at radius 3 is 2.55 bits per heavy atom. The zero-order valence-electron chi connectivity index (χ0n) is 16.4. The molecule has 2 heterocycles. The summed E-state index contributed by atoms with van der Waals surface area (Å²) >= 11 is 1.58. The molecular formula is C21H21N3O4S. The van der Waals surface area contributed by atoms with Crippen molar-refractivity contribution < 1.29 is 18.6 Å². The summed E-state index contributed by atoms with van der Waals surface area (Å²) in [6, 6.07) is 15.3. The summed E-state index contributed by atoms with van der Waals surface area (Å²) in [6.45, 7) is 0.557. The van der Waals surface area contributed by atoms with E-state index in [0.29, 0.717) is 29.5 Å². The number of benzene rings is 2. The van der Waals surface area contributed by atoms with Gasteiger partial charge in [-0.1, -0.05) is 23.9 Å². The molecule has 0 radical (unpaired) electrons. The van der Waals surface area contributed by atoms with Crippen molar-refractivity contribution in [2.24, 2.45) is 7.05 Å². The first-order valence-corrected chi connectivity index (χ1v) is 10.0. The number of thioether (sulfide) groups is 1. The van der Waals surface area contributed by atoms with Crippen LogP contribution in [0.5, 0.6) is 17.2 Å².